The van der Waals surface area contributed by atoms with Crippen molar-refractivity contribution in [3.63, 3.8) is 0 Å². The Balaban J connectivity index is 2.12. The van der Waals surface area contributed by atoms with E-state index in [-0.39, 0.29) is 10.9 Å². The van der Waals surface area contributed by atoms with Gasteiger partial charge in [0.2, 0.25) is 0 Å². The van der Waals surface area contributed by atoms with Crippen molar-refractivity contribution >= 4 is 28.9 Å². The lowest BCUT2D eigenvalue weighted by Crippen LogP contribution is -2.34. The fourth-order valence-electron chi connectivity index (χ4n) is 2.05. The average molecular weight is 362 g/mol. The number of methoxy groups -OCH3 is 3. The number of thiocarbonyl (C=S) groups is 1. The number of aromatic hydroxyl groups is 1. The molecule has 8 heteroatoms. The Labute approximate surface area is 150 Å². The number of phenolic OH excluding ortho intramolecular Hbond substituents is 1. The van der Waals surface area contributed by atoms with Gasteiger partial charge >= 0.3 is 0 Å². The molecule has 0 heterocycles. The van der Waals surface area contributed by atoms with Gasteiger partial charge in [0.15, 0.2) is 5.11 Å². The van der Waals surface area contributed by atoms with Crippen molar-refractivity contribution in [2.24, 2.45) is 0 Å². The first-order chi connectivity index (χ1) is 12.0. The molecule has 2 aromatic rings. The van der Waals surface area contributed by atoms with Crippen LogP contribution in [0.4, 0.5) is 5.69 Å². The maximum atomic E-state index is 12.4. The van der Waals surface area contributed by atoms with Crippen molar-refractivity contribution in [1.82, 2.24) is 5.32 Å². The zero-order valence-corrected chi connectivity index (χ0v) is 14.8. The van der Waals surface area contributed by atoms with Crippen LogP contribution in [0.1, 0.15) is 10.4 Å². The van der Waals surface area contributed by atoms with Crippen molar-refractivity contribution in [1.29, 1.82) is 0 Å². The molecule has 0 aliphatic carbocycles. The number of rotatable bonds is 5. The summed E-state index contributed by atoms with van der Waals surface area (Å²) in [6, 6.07) is 9.42. The summed E-state index contributed by atoms with van der Waals surface area (Å²) in [5, 5.41) is 15.1. The minimum Gasteiger partial charge on any atom is -0.506 e. The number of hydrogen-bond acceptors (Lipinski definition) is 6. The monoisotopic (exact) mass is 362 g/mol. The molecular formula is C17H18N2O5S. The van der Waals surface area contributed by atoms with E-state index >= 15 is 0 Å². The highest BCUT2D eigenvalue weighted by Crippen LogP contribution is 2.28. The first-order valence-electron chi connectivity index (χ1n) is 7.20. The van der Waals surface area contributed by atoms with Crippen molar-refractivity contribution in [2.75, 3.05) is 26.6 Å². The minimum atomic E-state index is -0.459. The molecule has 7 nitrogen and oxygen atoms in total. The van der Waals surface area contributed by atoms with Crippen molar-refractivity contribution in [2.45, 2.75) is 0 Å². The van der Waals surface area contributed by atoms with Crippen LogP contribution < -0.4 is 24.8 Å². The summed E-state index contributed by atoms with van der Waals surface area (Å²) in [6.07, 6.45) is 0. The second-order valence-corrected chi connectivity index (χ2v) is 5.27. The molecule has 0 radical (unpaired) electrons. The zero-order chi connectivity index (χ0) is 18.4. The zero-order valence-electron chi connectivity index (χ0n) is 14.0. The molecule has 0 aromatic heterocycles. The summed E-state index contributed by atoms with van der Waals surface area (Å²) in [4.78, 5) is 12.4. The lowest BCUT2D eigenvalue weighted by Gasteiger charge is -2.13. The Morgan fingerprint density at radius 1 is 1.00 bits per heavy atom. The Morgan fingerprint density at radius 3 is 2.28 bits per heavy atom. The van der Waals surface area contributed by atoms with Gasteiger partial charge in [-0.15, -0.1) is 0 Å². The van der Waals surface area contributed by atoms with E-state index in [1.165, 1.54) is 27.4 Å². The van der Waals surface area contributed by atoms with Gasteiger partial charge in [-0.1, -0.05) is 0 Å². The van der Waals surface area contributed by atoms with Crippen molar-refractivity contribution < 1.29 is 24.1 Å². The molecule has 132 valence electrons. The highest BCUT2D eigenvalue weighted by atomic mass is 32.1. The normalized spacial score (nSPS) is 9.88. The van der Waals surface area contributed by atoms with Crippen molar-refractivity contribution in [3.05, 3.63) is 42.0 Å². The molecule has 2 aromatic carbocycles. The van der Waals surface area contributed by atoms with Crippen LogP contribution in [0.5, 0.6) is 23.0 Å². The van der Waals surface area contributed by atoms with E-state index in [0.29, 0.717) is 28.5 Å². The lowest BCUT2D eigenvalue weighted by atomic mass is 10.2. The molecule has 0 atom stereocenters. The molecule has 0 aliphatic heterocycles. The third-order valence-electron chi connectivity index (χ3n) is 3.33. The molecule has 2 rings (SSSR count). The third-order valence-corrected chi connectivity index (χ3v) is 3.54. The Kier molecular flexibility index (Phi) is 6.02. The number of anilines is 1. The molecule has 0 aliphatic rings. The molecule has 0 unspecified atom stereocenters. The summed E-state index contributed by atoms with van der Waals surface area (Å²) in [7, 11) is 4.48. The molecule has 0 fully saturated rings. The predicted octanol–water partition coefficient (Wildman–Crippen LogP) is 2.54. The van der Waals surface area contributed by atoms with Gasteiger partial charge in [0, 0.05) is 12.1 Å². The second-order valence-electron chi connectivity index (χ2n) is 4.86. The number of carbonyl (C=O) groups excluding carboxylic acids is 1. The van der Waals surface area contributed by atoms with Gasteiger partial charge in [0.1, 0.15) is 23.0 Å². The van der Waals surface area contributed by atoms with Gasteiger partial charge in [-0.25, -0.2) is 0 Å². The van der Waals surface area contributed by atoms with Gasteiger partial charge in [0.25, 0.3) is 5.91 Å². The van der Waals surface area contributed by atoms with Gasteiger partial charge in [-0.2, -0.15) is 0 Å². The first-order valence-corrected chi connectivity index (χ1v) is 7.60. The number of hydrogen-bond donors (Lipinski definition) is 3. The molecule has 25 heavy (non-hydrogen) atoms. The summed E-state index contributed by atoms with van der Waals surface area (Å²) in [6.45, 7) is 0. The summed E-state index contributed by atoms with van der Waals surface area (Å²) in [5.74, 6) is 0.962. The van der Waals surface area contributed by atoms with Gasteiger partial charge in [0.05, 0.1) is 32.6 Å². The first kappa shape index (κ1) is 18.3. The highest BCUT2D eigenvalue weighted by molar-refractivity contribution is 7.80. The molecule has 0 saturated carbocycles. The number of benzene rings is 2. The minimum absolute atomic E-state index is 0.0198. The van der Waals surface area contributed by atoms with E-state index in [9.17, 15) is 9.90 Å². The number of carbonyl (C=O) groups is 1. The van der Waals surface area contributed by atoms with Crippen LogP contribution in [-0.2, 0) is 0 Å². The van der Waals surface area contributed by atoms with E-state index in [0.717, 1.165) is 0 Å². The van der Waals surface area contributed by atoms with E-state index in [1.807, 2.05) is 0 Å². The SMILES string of the molecule is COc1ccc(O)c(NC(=S)NC(=O)c2ccc(OC)cc2OC)c1. The maximum Gasteiger partial charge on any atom is 0.261 e. The lowest BCUT2D eigenvalue weighted by molar-refractivity contribution is 0.0974. The van der Waals surface area contributed by atoms with Gasteiger partial charge in [-0.3, -0.25) is 10.1 Å². The highest BCUT2D eigenvalue weighted by Gasteiger charge is 2.15. The van der Waals surface area contributed by atoms with E-state index in [4.69, 9.17) is 26.4 Å². The van der Waals surface area contributed by atoms with Gasteiger partial charge < -0.3 is 24.6 Å². The number of ether oxygens (including phenoxy) is 3. The van der Waals surface area contributed by atoms with Gasteiger partial charge in [-0.05, 0) is 36.5 Å². The molecule has 0 saturated heterocycles. The Morgan fingerprint density at radius 2 is 1.64 bits per heavy atom. The number of phenols is 1. The maximum absolute atomic E-state index is 12.4. The van der Waals surface area contributed by atoms with E-state index in [1.54, 1.807) is 30.3 Å². The van der Waals surface area contributed by atoms with Crippen LogP contribution in [0.25, 0.3) is 0 Å². The molecular weight excluding hydrogens is 344 g/mol. The summed E-state index contributed by atoms with van der Waals surface area (Å²) in [5.41, 5.74) is 0.605. The molecule has 0 spiro atoms. The summed E-state index contributed by atoms with van der Waals surface area (Å²) >= 11 is 5.12. The van der Waals surface area contributed by atoms with Crippen LogP contribution in [-0.4, -0.2) is 37.5 Å². The van der Waals surface area contributed by atoms with Crippen LogP contribution in [0, 0.1) is 0 Å². The average Bonchev–Trinajstić information content (AvgIpc) is 2.62. The topological polar surface area (TPSA) is 89.1 Å². The largest absolute Gasteiger partial charge is 0.506 e. The van der Waals surface area contributed by atoms with Crippen LogP contribution in [0.2, 0.25) is 0 Å². The number of nitrogens with one attached hydrogen (secondary N) is 2. The van der Waals surface area contributed by atoms with Crippen LogP contribution >= 0.6 is 12.2 Å². The Hall–Kier alpha value is -3.00. The number of amides is 1. The second kappa shape index (κ2) is 8.20. The van der Waals surface area contributed by atoms with E-state index in [2.05, 4.69) is 10.6 Å². The summed E-state index contributed by atoms with van der Waals surface area (Å²) < 4.78 is 15.4. The van der Waals surface area contributed by atoms with Crippen molar-refractivity contribution in [3.8, 4) is 23.0 Å². The predicted molar refractivity (Wildman–Crippen MR) is 97.9 cm³/mol. The quantitative estimate of drug-likeness (QED) is 0.556. The molecule has 0 bridgehead atoms. The Bertz CT molecular complexity index is 795. The fraction of sp³-hybridized carbons (Fsp3) is 0.176. The smallest absolute Gasteiger partial charge is 0.261 e. The van der Waals surface area contributed by atoms with E-state index < -0.39 is 5.91 Å². The standard InChI is InChI=1S/C17H18N2O5S/c1-22-10-5-7-14(20)13(8-10)18-17(25)19-16(21)12-6-4-11(23-2)9-15(12)24-3/h4-9,20H,1-3H3,(H2,18,19,21,25). The molecule has 3 N–H and O–H groups in total. The van der Waals surface area contributed by atoms with Crippen LogP contribution in [0.3, 0.4) is 0 Å². The third kappa shape index (κ3) is 4.51. The molecule has 1 amide bonds. The fourth-order valence-corrected chi connectivity index (χ4v) is 2.26. The van der Waals surface area contributed by atoms with Crippen LogP contribution in [0.15, 0.2) is 36.4 Å².